The van der Waals surface area contributed by atoms with Crippen molar-refractivity contribution in [2.75, 3.05) is 0 Å². The van der Waals surface area contributed by atoms with Gasteiger partial charge in [-0.1, -0.05) is 197 Å². The minimum atomic E-state index is -0.104. The summed E-state index contributed by atoms with van der Waals surface area (Å²) in [5.41, 5.74) is 17.7. The molecule has 12 rings (SSSR count). The lowest BCUT2D eigenvalue weighted by Gasteiger charge is -2.22. The maximum absolute atomic E-state index is 5.43. The van der Waals surface area contributed by atoms with Gasteiger partial charge in [-0.25, -0.2) is 9.97 Å². The summed E-state index contributed by atoms with van der Waals surface area (Å²) < 4.78 is 2.38. The molecule has 1 unspecified atom stereocenters. The van der Waals surface area contributed by atoms with Gasteiger partial charge in [0.25, 0.3) is 0 Å². The quantitative estimate of drug-likeness (QED) is 0.168. The summed E-state index contributed by atoms with van der Waals surface area (Å²) >= 11 is 0. The van der Waals surface area contributed by atoms with E-state index in [9.17, 15) is 0 Å². The van der Waals surface area contributed by atoms with Crippen LogP contribution in [0, 0.1) is 5.92 Å². The normalized spacial score (nSPS) is 16.2. The molecule has 8 aromatic carbocycles. The zero-order valence-corrected chi connectivity index (χ0v) is 35.6. The van der Waals surface area contributed by atoms with Gasteiger partial charge in [-0.05, 0) is 91.5 Å². The lowest BCUT2D eigenvalue weighted by Crippen LogP contribution is -2.15. The minimum absolute atomic E-state index is 0.0700. The molecule has 0 saturated carbocycles. The van der Waals surface area contributed by atoms with Crippen LogP contribution in [0.2, 0.25) is 0 Å². The molecule has 2 aliphatic rings. The van der Waals surface area contributed by atoms with Crippen LogP contribution in [-0.4, -0.2) is 14.5 Å². The predicted octanol–water partition coefficient (Wildman–Crippen LogP) is 15.5. The molecule has 0 amide bonds. The number of hydrogen-bond acceptors (Lipinski definition) is 2. The van der Waals surface area contributed by atoms with E-state index in [2.05, 4.69) is 232 Å². The first-order valence-electron chi connectivity index (χ1n) is 22.1. The summed E-state index contributed by atoms with van der Waals surface area (Å²) in [5, 5.41) is 4.89. The Kier molecular flexibility index (Phi) is 8.55. The van der Waals surface area contributed by atoms with Gasteiger partial charge in [-0.2, -0.15) is 0 Å². The zero-order chi connectivity index (χ0) is 42.2. The van der Waals surface area contributed by atoms with Gasteiger partial charge < -0.3 is 4.57 Å². The van der Waals surface area contributed by atoms with Gasteiger partial charge >= 0.3 is 0 Å². The Hall–Kier alpha value is -7.62. The predicted molar refractivity (Wildman–Crippen MR) is 263 cm³/mol. The fraction of sp³-hybridized carbons (Fsp3) is 0.100. The summed E-state index contributed by atoms with van der Waals surface area (Å²) in [4.78, 5) is 10.9. The second-order valence-corrected chi connectivity index (χ2v) is 17.8. The number of allylic oxidation sites excluding steroid dienone is 4. The van der Waals surface area contributed by atoms with Crippen molar-refractivity contribution in [3.8, 4) is 61.6 Å². The molecular weight excluding hydrogens is 763 g/mol. The molecule has 0 fully saturated rings. The van der Waals surface area contributed by atoms with Gasteiger partial charge in [0.1, 0.15) is 5.82 Å². The summed E-state index contributed by atoms with van der Waals surface area (Å²) in [7, 11) is 0. The van der Waals surface area contributed by atoms with Crippen molar-refractivity contribution >= 4 is 32.6 Å². The van der Waals surface area contributed by atoms with Gasteiger partial charge in [0.15, 0.2) is 0 Å². The molecule has 10 aromatic rings. The highest BCUT2D eigenvalue weighted by Gasteiger charge is 2.37. The largest absolute Gasteiger partial charge is 0.309 e. The molecule has 3 heteroatoms. The van der Waals surface area contributed by atoms with E-state index in [0.29, 0.717) is 0 Å². The summed E-state index contributed by atoms with van der Waals surface area (Å²) in [6.07, 6.45) is 8.79. The smallest absolute Gasteiger partial charge is 0.137 e. The van der Waals surface area contributed by atoms with E-state index in [1.165, 1.54) is 77.1 Å². The summed E-state index contributed by atoms with van der Waals surface area (Å²) in [6, 6.07) is 66.5. The second-order valence-electron chi connectivity index (χ2n) is 17.8. The molecule has 0 aliphatic heterocycles. The number of aromatic nitrogens is 3. The van der Waals surface area contributed by atoms with Crippen molar-refractivity contribution in [2.45, 2.75) is 32.1 Å². The first-order chi connectivity index (χ1) is 30.9. The fourth-order valence-electron chi connectivity index (χ4n) is 10.5. The summed E-state index contributed by atoms with van der Waals surface area (Å²) in [6.45, 7) is 6.94. The first-order valence-corrected chi connectivity index (χ1v) is 22.1. The van der Waals surface area contributed by atoms with Crippen LogP contribution in [-0.2, 0) is 5.41 Å². The number of hydrogen-bond donors (Lipinski definition) is 0. The van der Waals surface area contributed by atoms with Gasteiger partial charge in [-0.3, -0.25) is 0 Å². The van der Waals surface area contributed by atoms with Crippen LogP contribution in [0.25, 0.3) is 94.2 Å². The van der Waals surface area contributed by atoms with E-state index in [0.717, 1.165) is 34.0 Å². The monoisotopic (exact) mass is 807 g/mol. The van der Waals surface area contributed by atoms with Gasteiger partial charge in [0, 0.05) is 38.9 Å². The number of rotatable bonds is 6. The third-order valence-electron chi connectivity index (χ3n) is 13.8. The third-order valence-corrected chi connectivity index (χ3v) is 13.8. The van der Waals surface area contributed by atoms with Crippen molar-refractivity contribution in [1.82, 2.24) is 14.5 Å². The van der Waals surface area contributed by atoms with E-state index in [-0.39, 0.29) is 17.3 Å². The molecule has 2 atom stereocenters. The maximum atomic E-state index is 5.43. The highest BCUT2D eigenvalue weighted by Crippen LogP contribution is 2.52. The average molecular weight is 808 g/mol. The van der Waals surface area contributed by atoms with E-state index >= 15 is 0 Å². The average Bonchev–Trinajstić information content (AvgIpc) is 3.79. The first kappa shape index (κ1) is 37.2. The standard InChI is InChI=1S/C60H45N3/c1-38-16-7-8-19-43(38)59-61-54(37-55(62-59)51-24-15-26-53-58(51)50-23-11-13-25-52(50)60(53,2)3)47-35-34-44(45-20-9-10-21-46(45)47)40-30-28-39(29-31-40)41-32-33-49-48-22-12-14-27-56(48)63(57(49)36-41)42-17-5-4-6-18-42/h4-38,43H,1-3H3/t38-,43?/m1/s1. The lowest BCUT2D eigenvalue weighted by molar-refractivity contribution is 0.603. The van der Waals surface area contributed by atoms with Crippen LogP contribution in [0.15, 0.2) is 206 Å². The van der Waals surface area contributed by atoms with Gasteiger partial charge in [-0.15, -0.1) is 0 Å². The molecule has 0 spiro atoms. The zero-order valence-electron chi connectivity index (χ0n) is 35.6. The van der Waals surface area contributed by atoms with Crippen LogP contribution in [0.1, 0.15) is 43.6 Å². The van der Waals surface area contributed by atoms with Crippen LogP contribution >= 0.6 is 0 Å². The highest BCUT2D eigenvalue weighted by atomic mass is 15.0. The van der Waals surface area contributed by atoms with Crippen molar-refractivity contribution in [2.24, 2.45) is 5.92 Å². The Morgan fingerprint density at radius 3 is 1.86 bits per heavy atom. The maximum Gasteiger partial charge on any atom is 0.137 e. The molecule has 0 bridgehead atoms. The molecule has 2 aliphatic carbocycles. The molecule has 3 nitrogen and oxygen atoms in total. The molecule has 2 heterocycles. The number of para-hydroxylation sites is 2. The molecule has 2 aromatic heterocycles. The third kappa shape index (κ3) is 5.95. The molecule has 63 heavy (non-hydrogen) atoms. The molecule has 0 N–H and O–H groups in total. The van der Waals surface area contributed by atoms with Crippen LogP contribution < -0.4 is 0 Å². The molecule has 0 saturated heterocycles. The van der Waals surface area contributed by atoms with E-state index in [4.69, 9.17) is 9.97 Å². The Labute approximate surface area is 368 Å². The van der Waals surface area contributed by atoms with E-state index in [1.807, 2.05) is 0 Å². The van der Waals surface area contributed by atoms with Crippen molar-refractivity contribution in [1.29, 1.82) is 0 Å². The van der Waals surface area contributed by atoms with Gasteiger partial charge in [0.2, 0.25) is 0 Å². The molecule has 300 valence electrons. The fourth-order valence-corrected chi connectivity index (χ4v) is 10.5. The van der Waals surface area contributed by atoms with E-state index < -0.39 is 0 Å². The second kappa shape index (κ2) is 14.5. The number of benzene rings is 8. The Morgan fingerprint density at radius 1 is 0.444 bits per heavy atom. The topological polar surface area (TPSA) is 30.7 Å². The Balaban J connectivity index is 0.965. The minimum Gasteiger partial charge on any atom is -0.309 e. The highest BCUT2D eigenvalue weighted by molar-refractivity contribution is 6.10. The van der Waals surface area contributed by atoms with Crippen molar-refractivity contribution < 1.29 is 0 Å². The van der Waals surface area contributed by atoms with Crippen LogP contribution in [0.3, 0.4) is 0 Å². The summed E-state index contributed by atoms with van der Waals surface area (Å²) in [5.74, 6) is 1.20. The number of nitrogens with zero attached hydrogens (tertiary/aromatic N) is 3. The van der Waals surface area contributed by atoms with Crippen molar-refractivity contribution in [3.05, 3.63) is 223 Å². The van der Waals surface area contributed by atoms with E-state index in [1.54, 1.807) is 0 Å². The molecule has 0 radical (unpaired) electrons. The Morgan fingerprint density at radius 2 is 1.05 bits per heavy atom. The van der Waals surface area contributed by atoms with Gasteiger partial charge in [0.05, 0.1) is 22.4 Å². The lowest BCUT2D eigenvalue weighted by atomic mass is 9.82. The van der Waals surface area contributed by atoms with Crippen molar-refractivity contribution in [3.63, 3.8) is 0 Å². The van der Waals surface area contributed by atoms with Crippen LogP contribution in [0.5, 0.6) is 0 Å². The molecular formula is C60H45N3. The SMILES string of the molecule is C[C@@H]1C=CC=CC1c1nc(-c2cccc3c2-c2ccccc2C3(C)C)cc(-c2ccc(-c3ccc(-c4ccc5c6ccccc6n(-c6ccccc6)c5c4)cc3)c3ccccc23)n1. The van der Waals surface area contributed by atoms with Crippen LogP contribution in [0.4, 0.5) is 0 Å². The Bertz CT molecular complexity index is 3490. The number of fused-ring (bicyclic) bond motifs is 7.